The summed E-state index contributed by atoms with van der Waals surface area (Å²) in [6.45, 7) is 4.68. The fraction of sp³-hybridized carbons (Fsp3) is 0.500. The number of hydrogen-bond donors (Lipinski definition) is 2. The second-order valence-electron chi connectivity index (χ2n) is 6.77. The number of nitrogens with one attached hydrogen (secondary N) is 1. The zero-order chi connectivity index (χ0) is 19.9. The van der Waals surface area contributed by atoms with Crippen molar-refractivity contribution in [2.75, 3.05) is 6.54 Å². The van der Waals surface area contributed by atoms with E-state index in [0.717, 1.165) is 49.7 Å². The van der Waals surface area contributed by atoms with E-state index in [4.69, 9.17) is 5.73 Å². The van der Waals surface area contributed by atoms with Crippen LogP contribution >= 0.6 is 0 Å². The molecular weight excluding hydrogens is 338 g/mol. The summed E-state index contributed by atoms with van der Waals surface area (Å²) in [7, 11) is 0. The molecule has 0 heterocycles. The van der Waals surface area contributed by atoms with Gasteiger partial charge in [0.05, 0.1) is 0 Å². The number of allylic oxidation sites excluding steroid dienone is 1. The number of primary amides is 1. The summed E-state index contributed by atoms with van der Waals surface area (Å²) in [5.41, 5.74) is 7.54. The molecule has 0 aliphatic rings. The maximum atomic E-state index is 12.0. The highest BCUT2D eigenvalue weighted by Gasteiger charge is 2.13. The number of amides is 3. The van der Waals surface area contributed by atoms with Crippen molar-refractivity contribution < 1.29 is 9.59 Å². The topological polar surface area (TPSA) is 84.5 Å². The SMILES string of the molecule is CCCCC(=CCC(CCCC)C(N)=O)CNC(=O)N=Cc1ccccc1. The van der Waals surface area contributed by atoms with E-state index in [9.17, 15) is 9.59 Å². The standard InChI is InChI=1S/C22H33N3O2/c1-3-5-10-19(14-15-20(21(23)26)13-6-4-2)17-25-22(27)24-16-18-11-8-7-9-12-18/h7-9,11-12,14,16,20H,3-6,10,13,15,17H2,1-2H3,(H2,23,26)(H,25,27). The summed E-state index contributed by atoms with van der Waals surface area (Å²) in [6, 6.07) is 9.14. The Morgan fingerprint density at radius 3 is 2.48 bits per heavy atom. The van der Waals surface area contributed by atoms with Gasteiger partial charge in [-0.2, -0.15) is 0 Å². The Labute approximate surface area is 163 Å². The number of rotatable bonds is 12. The second kappa shape index (κ2) is 13.7. The molecule has 0 aliphatic heterocycles. The van der Waals surface area contributed by atoms with E-state index in [0.29, 0.717) is 13.0 Å². The lowest BCUT2D eigenvalue weighted by atomic mass is 9.95. The number of nitrogens with two attached hydrogens (primary N) is 1. The zero-order valence-electron chi connectivity index (χ0n) is 16.6. The first-order chi connectivity index (χ1) is 13.1. The van der Waals surface area contributed by atoms with Crippen LogP contribution in [0, 0.1) is 5.92 Å². The molecule has 148 valence electrons. The Morgan fingerprint density at radius 1 is 1.15 bits per heavy atom. The molecular formula is C22H33N3O2. The third-order valence-electron chi connectivity index (χ3n) is 4.45. The van der Waals surface area contributed by atoms with Crippen LogP contribution in [0.5, 0.6) is 0 Å². The summed E-state index contributed by atoms with van der Waals surface area (Å²) in [5.74, 6) is -0.376. The van der Waals surface area contributed by atoms with Crippen molar-refractivity contribution in [3.8, 4) is 0 Å². The Kier molecular flexibility index (Phi) is 11.5. The van der Waals surface area contributed by atoms with Crippen LogP contribution < -0.4 is 11.1 Å². The average molecular weight is 372 g/mol. The van der Waals surface area contributed by atoms with Gasteiger partial charge in [0.1, 0.15) is 0 Å². The van der Waals surface area contributed by atoms with Gasteiger partial charge in [-0.1, -0.05) is 75.1 Å². The molecule has 5 heteroatoms. The van der Waals surface area contributed by atoms with Crippen LogP contribution in [0.4, 0.5) is 4.79 Å². The third kappa shape index (κ3) is 10.3. The average Bonchev–Trinajstić information content (AvgIpc) is 2.68. The lowest BCUT2D eigenvalue weighted by Crippen LogP contribution is -2.24. The molecule has 1 rings (SSSR count). The number of benzene rings is 1. The van der Waals surface area contributed by atoms with Gasteiger partial charge in [-0.25, -0.2) is 9.79 Å². The van der Waals surface area contributed by atoms with Crippen LogP contribution in [0.25, 0.3) is 0 Å². The number of hydrogen-bond acceptors (Lipinski definition) is 2. The molecule has 1 unspecified atom stereocenters. The largest absolute Gasteiger partial charge is 0.369 e. The Balaban J connectivity index is 2.60. The van der Waals surface area contributed by atoms with Crippen molar-refractivity contribution in [2.24, 2.45) is 16.6 Å². The van der Waals surface area contributed by atoms with E-state index in [1.165, 1.54) is 0 Å². The maximum Gasteiger partial charge on any atom is 0.341 e. The monoisotopic (exact) mass is 371 g/mol. The molecule has 0 radical (unpaired) electrons. The minimum absolute atomic E-state index is 0.131. The van der Waals surface area contributed by atoms with Gasteiger partial charge in [-0.3, -0.25) is 4.79 Å². The van der Waals surface area contributed by atoms with E-state index in [1.807, 2.05) is 30.3 Å². The van der Waals surface area contributed by atoms with Gasteiger partial charge in [-0.05, 0) is 31.2 Å². The van der Waals surface area contributed by atoms with Gasteiger partial charge in [0, 0.05) is 18.7 Å². The van der Waals surface area contributed by atoms with Gasteiger partial charge in [0.25, 0.3) is 0 Å². The maximum absolute atomic E-state index is 12.0. The Bertz CT molecular complexity index is 624. The first kappa shape index (κ1) is 22.6. The van der Waals surface area contributed by atoms with E-state index < -0.39 is 0 Å². The van der Waals surface area contributed by atoms with Crippen molar-refractivity contribution in [1.82, 2.24) is 5.32 Å². The van der Waals surface area contributed by atoms with Gasteiger partial charge in [0.15, 0.2) is 0 Å². The van der Waals surface area contributed by atoms with Crippen LogP contribution in [0.2, 0.25) is 0 Å². The summed E-state index contributed by atoms with van der Waals surface area (Å²) in [5, 5.41) is 2.84. The predicted octanol–water partition coefficient (Wildman–Crippen LogP) is 4.61. The number of carbonyl (C=O) groups is 2. The molecule has 0 fully saturated rings. The summed E-state index contributed by atoms with van der Waals surface area (Å²) in [6.07, 6.45) is 10.1. The molecule has 0 saturated heterocycles. The van der Waals surface area contributed by atoms with Gasteiger partial charge in [-0.15, -0.1) is 0 Å². The fourth-order valence-electron chi connectivity index (χ4n) is 2.71. The Morgan fingerprint density at radius 2 is 1.85 bits per heavy atom. The molecule has 1 atom stereocenters. The fourth-order valence-corrected chi connectivity index (χ4v) is 2.71. The first-order valence-corrected chi connectivity index (χ1v) is 9.91. The summed E-state index contributed by atoms with van der Waals surface area (Å²) >= 11 is 0. The number of unbranched alkanes of at least 4 members (excludes halogenated alkanes) is 2. The number of nitrogens with zero attached hydrogens (tertiary/aromatic N) is 1. The molecule has 0 aliphatic carbocycles. The first-order valence-electron chi connectivity index (χ1n) is 9.91. The number of urea groups is 1. The quantitative estimate of drug-likeness (QED) is 0.415. The predicted molar refractivity (Wildman–Crippen MR) is 112 cm³/mol. The highest BCUT2D eigenvalue weighted by molar-refractivity contribution is 5.91. The van der Waals surface area contributed by atoms with Gasteiger partial charge in [0.2, 0.25) is 5.91 Å². The van der Waals surface area contributed by atoms with E-state index >= 15 is 0 Å². The van der Waals surface area contributed by atoms with Gasteiger partial charge < -0.3 is 11.1 Å². The third-order valence-corrected chi connectivity index (χ3v) is 4.45. The molecule has 27 heavy (non-hydrogen) atoms. The molecule has 0 aromatic heterocycles. The summed E-state index contributed by atoms with van der Waals surface area (Å²) in [4.78, 5) is 27.5. The molecule has 3 N–H and O–H groups in total. The normalized spacial score (nSPS) is 12.9. The minimum Gasteiger partial charge on any atom is -0.369 e. The number of aliphatic imine (C=N–C) groups is 1. The second-order valence-corrected chi connectivity index (χ2v) is 6.77. The lowest BCUT2D eigenvalue weighted by molar-refractivity contribution is -0.121. The summed E-state index contributed by atoms with van der Waals surface area (Å²) < 4.78 is 0. The van der Waals surface area contributed by atoms with Crippen LogP contribution in [0.1, 0.15) is 64.4 Å². The van der Waals surface area contributed by atoms with Crippen LogP contribution in [0.3, 0.4) is 0 Å². The molecule has 0 bridgehead atoms. The van der Waals surface area contributed by atoms with Crippen LogP contribution in [0.15, 0.2) is 47.0 Å². The van der Waals surface area contributed by atoms with Crippen molar-refractivity contribution >= 4 is 18.2 Å². The molecule has 5 nitrogen and oxygen atoms in total. The van der Waals surface area contributed by atoms with E-state index in [1.54, 1.807) is 6.21 Å². The van der Waals surface area contributed by atoms with E-state index in [2.05, 4.69) is 30.2 Å². The van der Waals surface area contributed by atoms with Crippen LogP contribution in [-0.4, -0.2) is 24.7 Å². The van der Waals surface area contributed by atoms with Crippen molar-refractivity contribution in [1.29, 1.82) is 0 Å². The van der Waals surface area contributed by atoms with Crippen LogP contribution in [-0.2, 0) is 4.79 Å². The molecule has 1 aromatic rings. The highest BCUT2D eigenvalue weighted by atomic mass is 16.2. The lowest BCUT2D eigenvalue weighted by Gasteiger charge is -2.13. The zero-order valence-corrected chi connectivity index (χ0v) is 16.6. The molecule has 0 spiro atoms. The van der Waals surface area contributed by atoms with Crippen molar-refractivity contribution in [3.05, 3.63) is 47.5 Å². The number of carbonyl (C=O) groups excluding carboxylic acids is 2. The Hall–Kier alpha value is -2.43. The molecule has 3 amide bonds. The van der Waals surface area contributed by atoms with Crippen molar-refractivity contribution in [3.63, 3.8) is 0 Å². The smallest absolute Gasteiger partial charge is 0.341 e. The highest BCUT2D eigenvalue weighted by Crippen LogP contribution is 2.16. The van der Waals surface area contributed by atoms with Crippen molar-refractivity contribution in [2.45, 2.75) is 58.8 Å². The molecule has 0 saturated carbocycles. The van der Waals surface area contributed by atoms with E-state index in [-0.39, 0.29) is 17.9 Å². The molecule has 1 aromatic carbocycles. The minimum atomic E-state index is -0.362. The van der Waals surface area contributed by atoms with Gasteiger partial charge >= 0.3 is 6.03 Å².